The van der Waals surface area contributed by atoms with E-state index in [1.165, 1.54) is 11.6 Å². The molecule has 3 aromatic rings. The van der Waals surface area contributed by atoms with Crippen molar-refractivity contribution < 1.29 is 9.66 Å². The van der Waals surface area contributed by atoms with Gasteiger partial charge < -0.3 is 10.1 Å². The molecule has 1 N–H and O–H groups in total. The minimum Gasteiger partial charge on any atom is -0.379 e. The molecular weight excluding hydrogens is 380 g/mol. The van der Waals surface area contributed by atoms with E-state index in [0.717, 1.165) is 30.9 Å². The fraction of sp³-hybridized carbons (Fsp3) is 0.348. The van der Waals surface area contributed by atoms with Gasteiger partial charge in [-0.25, -0.2) is 0 Å². The van der Waals surface area contributed by atoms with Gasteiger partial charge in [0.1, 0.15) is 5.52 Å². The number of nitrogens with one attached hydrogen (secondary N) is 1. The molecule has 156 valence electrons. The number of ether oxygens (including phenoxy) is 1. The predicted molar refractivity (Wildman–Crippen MR) is 117 cm³/mol. The van der Waals surface area contributed by atoms with Gasteiger partial charge in [0.25, 0.3) is 5.69 Å². The number of nitro benzene ring substituents is 1. The molecule has 0 radical (unpaired) electrons. The van der Waals surface area contributed by atoms with Crippen molar-refractivity contribution in [2.75, 3.05) is 18.4 Å². The maximum absolute atomic E-state index is 11.3. The highest BCUT2D eigenvalue weighted by molar-refractivity contribution is 5.96. The van der Waals surface area contributed by atoms with Gasteiger partial charge in [0.2, 0.25) is 0 Å². The second-order valence-corrected chi connectivity index (χ2v) is 7.91. The maximum Gasteiger partial charge on any atom is 0.278 e. The Bertz CT molecular complexity index is 1030. The van der Waals surface area contributed by atoms with Gasteiger partial charge in [-0.1, -0.05) is 24.3 Å². The third-order valence-corrected chi connectivity index (χ3v) is 5.35. The second kappa shape index (κ2) is 8.77. The van der Waals surface area contributed by atoms with E-state index in [-0.39, 0.29) is 22.8 Å². The van der Waals surface area contributed by atoms with Crippen LogP contribution < -0.4 is 5.32 Å². The third-order valence-electron chi connectivity index (χ3n) is 5.35. The summed E-state index contributed by atoms with van der Waals surface area (Å²) in [5.41, 5.74) is 3.89. The molecule has 2 unspecified atom stereocenters. The van der Waals surface area contributed by atoms with Gasteiger partial charge in [-0.3, -0.25) is 20.0 Å². The summed E-state index contributed by atoms with van der Waals surface area (Å²) in [5, 5.41) is 15.2. The number of benzene rings is 2. The van der Waals surface area contributed by atoms with E-state index >= 15 is 0 Å². The van der Waals surface area contributed by atoms with Crippen LogP contribution in [0.15, 0.2) is 54.7 Å². The van der Waals surface area contributed by atoms with E-state index < -0.39 is 0 Å². The van der Waals surface area contributed by atoms with Gasteiger partial charge in [0.15, 0.2) is 0 Å². The Labute approximate surface area is 175 Å². The molecule has 0 bridgehead atoms. The van der Waals surface area contributed by atoms with Crippen molar-refractivity contribution in [2.24, 2.45) is 0 Å². The highest BCUT2D eigenvalue weighted by Gasteiger charge is 2.22. The largest absolute Gasteiger partial charge is 0.379 e. The monoisotopic (exact) mass is 406 g/mol. The lowest BCUT2D eigenvalue weighted by Gasteiger charge is -2.35. The maximum atomic E-state index is 11.3. The zero-order chi connectivity index (χ0) is 21.1. The zero-order valence-electron chi connectivity index (χ0n) is 17.2. The number of rotatable bonds is 6. The van der Waals surface area contributed by atoms with Crippen molar-refractivity contribution in [3.8, 4) is 0 Å². The van der Waals surface area contributed by atoms with Crippen LogP contribution in [0.4, 0.5) is 11.4 Å². The summed E-state index contributed by atoms with van der Waals surface area (Å²) in [6.07, 6.45) is 2.18. The molecule has 2 aromatic carbocycles. The highest BCUT2D eigenvalue weighted by atomic mass is 16.6. The number of aromatic nitrogens is 1. The number of nitrogens with zero attached hydrogens (tertiary/aromatic N) is 3. The molecule has 0 spiro atoms. The van der Waals surface area contributed by atoms with E-state index in [4.69, 9.17) is 4.74 Å². The van der Waals surface area contributed by atoms with Crippen molar-refractivity contribution in [1.82, 2.24) is 9.88 Å². The predicted octanol–water partition coefficient (Wildman–Crippen LogP) is 4.36. The van der Waals surface area contributed by atoms with Crippen LogP contribution in [-0.4, -0.2) is 40.1 Å². The van der Waals surface area contributed by atoms with Gasteiger partial charge in [-0.15, -0.1) is 0 Å². The number of fused-ring (bicyclic) bond motifs is 1. The molecule has 4 rings (SSSR count). The standard InChI is InChI=1S/C23H26N4O3/c1-16-13-26(14-17(2)30-16)15-19-7-5-18(6-8-19)12-25-21-9-10-22(27(28)29)20-4-3-11-24-23(20)21/h3-11,16-17,25H,12-15H2,1-2H3. The summed E-state index contributed by atoms with van der Waals surface area (Å²) in [6.45, 7) is 7.68. The topological polar surface area (TPSA) is 80.5 Å². The molecule has 1 aliphatic rings. The summed E-state index contributed by atoms with van der Waals surface area (Å²) < 4.78 is 5.81. The smallest absolute Gasteiger partial charge is 0.278 e. The molecule has 30 heavy (non-hydrogen) atoms. The van der Waals surface area contributed by atoms with Gasteiger partial charge in [-0.05, 0) is 43.2 Å². The van der Waals surface area contributed by atoms with Crippen molar-refractivity contribution in [2.45, 2.75) is 39.1 Å². The Morgan fingerprint density at radius 2 is 1.80 bits per heavy atom. The van der Waals surface area contributed by atoms with Crippen molar-refractivity contribution in [3.63, 3.8) is 0 Å². The van der Waals surface area contributed by atoms with Crippen molar-refractivity contribution in [1.29, 1.82) is 0 Å². The molecule has 7 heteroatoms. The minimum atomic E-state index is -0.373. The molecule has 1 aromatic heterocycles. The Hall–Kier alpha value is -3.03. The quantitative estimate of drug-likeness (QED) is 0.484. The summed E-state index contributed by atoms with van der Waals surface area (Å²) in [4.78, 5) is 17.7. The molecular formula is C23H26N4O3. The van der Waals surface area contributed by atoms with Crippen LogP contribution in [0.1, 0.15) is 25.0 Å². The van der Waals surface area contributed by atoms with Crippen LogP contribution in [0, 0.1) is 10.1 Å². The van der Waals surface area contributed by atoms with E-state index in [1.54, 1.807) is 24.4 Å². The first-order chi connectivity index (χ1) is 14.5. The van der Waals surface area contributed by atoms with Crippen LogP contribution in [0.25, 0.3) is 10.9 Å². The molecule has 7 nitrogen and oxygen atoms in total. The lowest BCUT2D eigenvalue weighted by Crippen LogP contribution is -2.44. The lowest BCUT2D eigenvalue weighted by molar-refractivity contribution is -0.383. The number of hydrogen-bond acceptors (Lipinski definition) is 6. The van der Waals surface area contributed by atoms with Gasteiger partial charge in [0, 0.05) is 38.4 Å². The second-order valence-electron chi connectivity index (χ2n) is 7.91. The molecule has 0 saturated carbocycles. The normalized spacial score (nSPS) is 19.7. The number of hydrogen-bond donors (Lipinski definition) is 1. The lowest BCUT2D eigenvalue weighted by atomic mass is 10.1. The van der Waals surface area contributed by atoms with Crippen molar-refractivity contribution >= 4 is 22.3 Å². The van der Waals surface area contributed by atoms with E-state index in [2.05, 4.69) is 53.3 Å². The summed E-state index contributed by atoms with van der Waals surface area (Å²) in [5.74, 6) is 0. The van der Waals surface area contributed by atoms with E-state index in [0.29, 0.717) is 17.4 Å². The van der Waals surface area contributed by atoms with Gasteiger partial charge in [0.05, 0.1) is 28.2 Å². The van der Waals surface area contributed by atoms with Crippen LogP contribution in [-0.2, 0) is 17.8 Å². The van der Waals surface area contributed by atoms with Crippen LogP contribution in [0.5, 0.6) is 0 Å². The summed E-state index contributed by atoms with van der Waals surface area (Å²) in [6, 6.07) is 15.3. The molecule has 0 amide bonds. The fourth-order valence-corrected chi connectivity index (χ4v) is 4.09. The Kier molecular flexibility index (Phi) is 5.92. The fourth-order valence-electron chi connectivity index (χ4n) is 4.09. The summed E-state index contributed by atoms with van der Waals surface area (Å²) in [7, 11) is 0. The number of non-ortho nitro benzene ring substituents is 1. The SMILES string of the molecule is CC1CN(Cc2ccc(CNc3ccc([N+](=O)[O-])c4cccnc34)cc2)CC(C)O1. The van der Waals surface area contributed by atoms with Gasteiger partial charge in [-0.2, -0.15) is 0 Å². The van der Waals surface area contributed by atoms with Crippen LogP contribution >= 0.6 is 0 Å². The third kappa shape index (κ3) is 4.58. The van der Waals surface area contributed by atoms with E-state index in [1.807, 2.05) is 0 Å². The van der Waals surface area contributed by atoms with Gasteiger partial charge >= 0.3 is 0 Å². The number of nitro groups is 1. The van der Waals surface area contributed by atoms with E-state index in [9.17, 15) is 10.1 Å². The van der Waals surface area contributed by atoms with Crippen LogP contribution in [0.2, 0.25) is 0 Å². The first kappa shape index (κ1) is 20.3. The molecule has 2 atom stereocenters. The molecule has 2 heterocycles. The van der Waals surface area contributed by atoms with Crippen molar-refractivity contribution in [3.05, 3.63) is 76.0 Å². The molecule has 1 aliphatic heterocycles. The Morgan fingerprint density at radius 3 is 2.50 bits per heavy atom. The number of pyridine rings is 1. The first-order valence-electron chi connectivity index (χ1n) is 10.2. The first-order valence-corrected chi connectivity index (χ1v) is 10.2. The molecule has 1 saturated heterocycles. The minimum absolute atomic E-state index is 0.0692. The number of morpholine rings is 1. The Morgan fingerprint density at radius 1 is 1.10 bits per heavy atom. The molecule has 1 fully saturated rings. The van der Waals surface area contributed by atoms with Crippen LogP contribution in [0.3, 0.4) is 0 Å². The summed E-state index contributed by atoms with van der Waals surface area (Å²) >= 11 is 0. The number of anilines is 1. The average Bonchev–Trinajstić information content (AvgIpc) is 2.72. The Balaban J connectivity index is 1.42. The highest BCUT2D eigenvalue weighted by Crippen LogP contribution is 2.30. The molecule has 0 aliphatic carbocycles. The zero-order valence-corrected chi connectivity index (χ0v) is 17.2. The average molecular weight is 406 g/mol.